The van der Waals surface area contributed by atoms with Gasteiger partial charge in [0.2, 0.25) is 5.91 Å². The van der Waals surface area contributed by atoms with Crippen LogP contribution in [-0.4, -0.2) is 24.0 Å². The molecule has 1 amide bonds. The van der Waals surface area contributed by atoms with Gasteiger partial charge in [-0.1, -0.05) is 0 Å². The largest absolute Gasteiger partial charge is 0.316 e. The average molecular weight is 270 g/mol. The molecule has 1 aliphatic rings. The molecular weight excluding hydrogens is 258 g/mol. The molecule has 1 fully saturated rings. The summed E-state index contributed by atoms with van der Waals surface area (Å²) in [5.74, 6) is 1.13. The van der Waals surface area contributed by atoms with Crippen LogP contribution in [0.5, 0.6) is 0 Å². The average Bonchev–Trinajstić information content (AvgIpc) is 2.16. The Balaban J connectivity index is 1.84. The van der Waals surface area contributed by atoms with Gasteiger partial charge in [0.15, 0.2) is 0 Å². The van der Waals surface area contributed by atoms with E-state index in [1.54, 1.807) is 12.3 Å². The summed E-state index contributed by atoms with van der Waals surface area (Å²) >= 11 is 3.29. The minimum absolute atomic E-state index is 0.0383. The van der Waals surface area contributed by atoms with Crippen molar-refractivity contribution >= 4 is 27.7 Å². The molecule has 0 aliphatic carbocycles. The van der Waals surface area contributed by atoms with Crippen molar-refractivity contribution in [3.8, 4) is 0 Å². The summed E-state index contributed by atoms with van der Waals surface area (Å²) in [6.07, 6.45) is 2.24. The second-order valence-corrected chi connectivity index (χ2v) is 4.55. The van der Waals surface area contributed by atoms with E-state index in [1.165, 1.54) is 0 Å². The Labute approximate surface area is 96.6 Å². The van der Waals surface area contributed by atoms with E-state index in [2.05, 4.69) is 31.5 Å². The van der Waals surface area contributed by atoms with Gasteiger partial charge in [-0.15, -0.1) is 0 Å². The molecule has 0 saturated carbocycles. The molecule has 1 aliphatic heterocycles. The minimum Gasteiger partial charge on any atom is -0.316 e. The summed E-state index contributed by atoms with van der Waals surface area (Å²) in [7, 11) is 0. The lowest BCUT2D eigenvalue weighted by molar-refractivity contribution is -0.117. The molecule has 15 heavy (non-hydrogen) atoms. The first-order chi connectivity index (χ1) is 7.24. The number of hydrogen-bond donors (Lipinski definition) is 2. The lowest BCUT2D eigenvalue weighted by Gasteiger charge is -2.26. The van der Waals surface area contributed by atoms with E-state index in [0.29, 0.717) is 18.2 Å². The molecule has 1 aromatic heterocycles. The standard InChI is InChI=1S/C10H12BrN3O/c11-8-1-2-9(13-6-8)14-10(15)3-7-4-12-5-7/h1-2,6-7,12H,3-5H2,(H,13,14,15). The molecule has 2 heterocycles. The number of nitrogens with one attached hydrogen (secondary N) is 2. The Morgan fingerprint density at radius 1 is 1.60 bits per heavy atom. The van der Waals surface area contributed by atoms with Crippen LogP contribution in [0.4, 0.5) is 5.82 Å². The fraction of sp³-hybridized carbons (Fsp3) is 0.400. The number of carbonyl (C=O) groups is 1. The van der Waals surface area contributed by atoms with Gasteiger partial charge in [0.05, 0.1) is 0 Å². The van der Waals surface area contributed by atoms with E-state index in [0.717, 1.165) is 17.6 Å². The van der Waals surface area contributed by atoms with Gasteiger partial charge in [-0.05, 0) is 47.1 Å². The van der Waals surface area contributed by atoms with Gasteiger partial charge in [-0.3, -0.25) is 4.79 Å². The highest BCUT2D eigenvalue weighted by atomic mass is 79.9. The van der Waals surface area contributed by atoms with Crippen LogP contribution in [0.3, 0.4) is 0 Å². The molecule has 0 unspecified atom stereocenters. The van der Waals surface area contributed by atoms with E-state index < -0.39 is 0 Å². The van der Waals surface area contributed by atoms with Crippen LogP contribution in [0.15, 0.2) is 22.8 Å². The summed E-state index contributed by atoms with van der Waals surface area (Å²) in [6, 6.07) is 3.63. The number of amides is 1. The summed E-state index contributed by atoms with van der Waals surface area (Å²) in [5, 5.41) is 5.91. The van der Waals surface area contributed by atoms with Crippen LogP contribution in [0, 0.1) is 5.92 Å². The normalized spacial score (nSPS) is 15.8. The van der Waals surface area contributed by atoms with Crippen molar-refractivity contribution < 1.29 is 4.79 Å². The highest BCUT2D eigenvalue weighted by Gasteiger charge is 2.20. The SMILES string of the molecule is O=C(CC1CNC1)Nc1ccc(Br)cn1. The van der Waals surface area contributed by atoms with Crippen molar-refractivity contribution in [3.63, 3.8) is 0 Å². The van der Waals surface area contributed by atoms with Crippen molar-refractivity contribution in [3.05, 3.63) is 22.8 Å². The summed E-state index contributed by atoms with van der Waals surface area (Å²) in [5.41, 5.74) is 0. The van der Waals surface area contributed by atoms with Gasteiger partial charge in [-0.2, -0.15) is 0 Å². The minimum atomic E-state index is 0.0383. The number of halogens is 1. The summed E-state index contributed by atoms with van der Waals surface area (Å²) in [4.78, 5) is 15.6. The number of rotatable bonds is 3. The van der Waals surface area contributed by atoms with Crippen molar-refractivity contribution in [1.29, 1.82) is 0 Å². The number of aromatic nitrogens is 1. The predicted molar refractivity (Wildman–Crippen MR) is 61.5 cm³/mol. The quantitative estimate of drug-likeness (QED) is 0.872. The first-order valence-corrected chi connectivity index (χ1v) is 5.65. The van der Waals surface area contributed by atoms with E-state index in [9.17, 15) is 4.79 Å². The smallest absolute Gasteiger partial charge is 0.225 e. The Morgan fingerprint density at radius 3 is 2.93 bits per heavy atom. The van der Waals surface area contributed by atoms with E-state index >= 15 is 0 Å². The third-order valence-electron chi connectivity index (χ3n) is 2.33. The first-order valence-electron chi connectivity index (χ1n) is 4.86. The Morgan fingerprint density at radius 2 is 2.40 bits per heavy atom. The predicted octanol–water partition coefficient (Wildman–Crippen LogP) is 1.39. The van der Waals surface area contributed by atoms with E-state index in [4.69, 9.17) is 0 Å². The Bertz CT molecular complexity index is 348. The molecule has 80 valence electrons. The van der Waals surface area contributed by atoms with Crippen molar-refractivity contribution in [2.24, 2.45) is 5.92 Å². The van der Waals surface area contributed by atoms with Gasteiger partial charge in [-0.25, -0.2) is 4.98 Å². The van der Waals surface area contributed by atoms with Crippen molar-refractivity contribution in [2.45, 2.75) is 6.42 Å². The van der Waals surface area contributed by atoms with Gasteiger partial charge in [0, 0.05) is 17.1 Å². The van der Waals surface area contributed by atoms with Gasteiger partial charge in [0.25, 0.3) is 0 Å². The summed E-state index contributed by atoms with van der Waals surface area (Å²) < 4.78 is 0.906. The van der Waals surface area contributed by atoms with Crippen LogP contribution < -0.4 is 10.6 Å². The molecule has 4 nitrogen and oxygen atoms in total. The zero-order valence-corrected chi connectivity index (χ0v) is 9.75. The number of nitrogens with zero attached hydrogens (tertiary/aromatic N) is 1. The fourth-order valence-electron chi connectivity index (χ4n) is 1.40. The first kappa shape index (κ1) is 10.6. The van der Waals surface area contributed by atoms with Crippen LogP contribution in [0.2, 0.25) is 0 Å². The van der Waals surface area contributed by atoms with Crippen molar-refractivity contribution in [2.75, 3.05) is 18.4 Å². The molecule has 2 rings (SSSR count). The van der Waals surface area contributed by atoms with E-state index in [-0.39, 0.29) is 5.91 Å². The second kappa shape index (κ2) is 4.72. The zero-order chi connectivity index (χ0) is 10.7. The zero-order valence-electron chi connectivity index (χ0n) is 8.16. The topological polar surface area (TPSA) is 54.0 Å². The molecule has 0 aromatic carbocycles. The monoisotopic (exact) mass is 269 g/mol. The van der Waals surface area contributed by atoms with Gasteiger partial charge >= 0.3 is 0 Å². The maximum absolute atomic E-state index is 11.5. The molecule has 1 aromatic rings. The van der Waals surface area contributed by atoms with E-state index in [1.807, 2.05) is 6.07 Å². The fourth-order valence-corrected chi connectivity index (χ4v) is 1.63. The Kier molecular flexibility index (Phi) is 3.33. The van der Waals surface area contributed by atoms with Gasteiger partial charge < -0.3 is 10.6 Å². The number of pyridine rings is 1. The molecule has 0 bridgehead atoms. The molecule has 5 heteroatoms. The van der Waals surface area contributed by atoms with Crippen LogP contribution >= 0.6 is 15.9 Å². The van der Waals surface area contributed by atoms with Crippen LogP contribution in [0.1, 0.15) is 6.42 Å². The third kappa shape index (κ3) is 3.00. The molecular formula is C10H12BrN3O. The number of anilines is 1. The summed E-state index contributed by atoms with van der Waals surface area (Å²) in [6.45, 7) is 1.89. The molecule has 2 N–H and O–H groups in total. The lowest BCUT2D eigenvalue weighted by Crippen LogP contribution is -2.43. The maximum Gasteiger partial charge on any atom is 0.225 e. The molecule has 1 saturated heterocycles. The maximum atomic E-state index is 11.5. The lowest BCUT2D eigenvalue weighted by atomic mass is 9.99. The Hall–Kier alpha value is -0.940. The number of carbonyl (C=O) groups excluding carboxylic acids is 1. The third-order valence-corrected chi connectivity index (χ3v) is 2.80. The van der Waals surface area contributed by atoms with Crippen LogP contribution in [-0.2, 0) is 4.79 Å². The highest BCUT2D eigenvalue weighted by Crippen LogP contribution is 2.12. The second-order valence-electron chi connectivity index (χ2n) is 3.64. The molecule has 0 spiro atoms. The molecule has 0 atom stereocenters. The van der Waals surface area contributed by atoms with Gasteiger partial charge in [0.1, 0.15) is 5.82 Å². The van der Waals surface area contributed by atoms with Crippen molar-refractivity contribution in [1.82, 2.24) is 10.3 Å². The number of hydrogen-bond acceptors (Lipinski definition) is 3. The van der Waals surface area contributed by atoms with Crippen LogP contribution in [0.25, 0.3) is 0 Å². The highest BCUT2D eigenvalue weighted by molar-refractivity contribution is 9.10. The molecule has 0 radical (unpaired) electrons.